The lowest BCUT2D eigenvalue weighted by Gasteiger charge is -2.25. The van der Waals surface area contributed by atoms with Gasteiger partial charge in [0.15, 0.2) is 0 Å². The largest absolute Gasteiger partial charge is 0.315 e. The highest BCUT2D eigenvalue weighted by atomic mass is 32.1. The van der Waals surface area contributed by atoms with Crippen LogP contribution in [0.3, 0.4) is 0 Å². The maximum atomic E-state index is 4.02. The second-order valence-corrected chi connectivity index (χ2v) is 3.18. The molecule has 1 saturated heterocycles. The molecule has 1 N–H and O–H groups in total. The molecule has 48 valence electrons. The molecule has 1 aromatic heterocycles. The summed E-state index contributed by atoms with van der Waals surface area (Å²) in [5.74, 6) is 0.762. The van der Waals surface area contributed by atoms with Gasteiger partial charge in [0.05, 0.1) is 5.51 Å². The number of nitrogens with zero attached hydrogens (tertiary/aromatic N) is 1. The van der Waals surface area contributed by atoms with Crippen LogP contribution in [0.5, 0.6) is 0 Å². The van der Waals surface area contributed by atoms with Gasteiger partial charge in [-0.25, -0.2) is 0 Å². The molecule has 1 aromatic rings. The predicted molar refractivity (Wildman–Crippen MR) is 37.7 cm³/mol. The smallest absolute Gasteiger partial charge is 0.0794 e. The SMILES string of the molecule is c1ncc(C2CNC2)s1. The number of rotatable bonds is 1. The zero-order valence-electron chi connectivity index (χ0n) is 5.00. The van der Waals surface area contributed by atoms with E-state index in [4.69, 9.17) is 0 Å². The van der Waals surface area contributed by atoms with Crippen molar-refractivity contribution in [1.29, 1.82) is 0 Å². The zero-order chi connectivity index (χ0) is 6.10. The Morgan fingerprint density at radius 3 is 3.00 bits per heavy atom. The first kappa shape index (κ1) is 5.38. The third-order valence-corrected chi connectivity index (χ3v) is 2.57. The third kappa shape index (κ3) is 0.862. The second kappa shape index (κ2) is 2.08. The lowest BCUT2D eigenvalue weighted by Crippen LogP contribution is -2.39. The lowest BCUT2D eigenvalue weighted by atomic mass is 10.0. The van der Waals surface area contributed by atoms with Crippen molar-refractivity contribution < 1.29 is 0 Å². The van der Waals surface area contributed by atoms with Crippen LogP contribution in [0, 0.1) is 0 Å². The van der Waals surface area contributed by atoms with Crippen molar-refractivity contribution in [2.24, 2.45) is 0 Å². The normalized spacial score (nSPS) is 19.6. The average Bonchev–Trinajstić information content (AvgIpc) is 2.11. The van der Waals surface area contributed by atoms with Gasteiger partial charge in [0.25, 0.3) is 0 Å². The molecule has 1 aliphatic heterocycles. The van der Waals surface area contributed by atoms with Crippen LogP contribution in [0.15, 0.2) is 11.7 Å². The second-order valence-electron chi connectivity index (χ2n) is 2.26. The molecule has 0 unspecified atom stereocenters. The van der Waals surface area contributed by atoms with E-state index in [-0.39, 0.29) is 0 Å². The van der Waals surface area contributed by atoms with Crippen molar-refractivity contribution >= 4 is 11.3 Å². The van der Waals surface area contributed by atoms with Gasteiger partial charge in [-0.3, -0.25) is 4.98 Å². The molecule has 2 rings (SSSR count). The number of thiazole rings is 1. The molecule has 0 bridgehead atoms. The summed E-state index contributed by atoms with van der Waals surface area (Å²) in [4.78, 5) is 5.44. The van der Waals surface area contributed by atoms with E-state index in [0.29, 0.717) is 0 Å². The highest BCUT2D eigenvalue weighted by Gasteiger charge is 2.19. The van der Waals surface area contributed by atoms with E-state index < -0.39 is 0 Å². The van der Waals surface area contributed by atoms with Crippen LogP contribution in [0.25, 0.3) is 0 Å². The summed E-state index contributed by atoms with van der Waals surface area (Å²) in [6.07, 6.45) is 1.97. The molecule has 9 heavy (non-hydrogen) atoms. The summed E-state index contributed by atoms with van der Waals surface area (Å²) in [6, 6.07) is 0. The average molecular weight is 140 g/mol. The van der Waals surface area contributed by atoms with Crippen LogP contribution in [0.1, 0.15) is 10.8 Å². The van der Waals surface area contributed by atoms with E-state index in [9.17, 15) is 0 Å². The molecule has 3 heteroatoms. The number of aromatic nitrogens is 1. The Morgan fingerprint density at radius 1 is 1.67 bits per heavy atom. The minimum absolute atomic E-state index is 0.762. The van der Waals surface area contributed by atoms with Crippen LogP contribution in [-0.4, -0.2) is 18.1 Å². The summed E-state index contributed by atoms with van der Waals surface area (Å²) in [5.41, 5.74) is 1.90. The molecule has 0 spiro atoms. The number of nitrogens with one attached hydrogen (secondary N) is 1. The van der Waals surface area contributed by atoms with E-state index >= 15 is 0 Å². The first-order valence-electron chi connectivity index (χ1n) is 3.06. The Bertz CT molecular complexity index is 179. The van der Waals surface area contributed by atoms with Crippen LogP contribution < -0.4 is 5.32 Å². The Hall–Kier alpha value is -0.410. The van der Waals surface area contributed by atoms with Crippen molar-refractivity contribution in [1.82, 2.24) is 10.3 Å². The van der Waals surface area contributed by atoms with Crippen LogP contribution >= 0.6 is 11.3 Å². The molecule has 0 aromatic carbocycles. The van der Waals surface area contributed by atoms with Gasteiger partial charge < -0.3 is 5.32 Å². The maximum Gasteiger partial charge on any atom is 0.0794 e. The summed E-state index contributed by atoms with van der Waals surface area (Å²) < 4.78 is 0. The van der Waals surface area contributed by atoms with Crippen LogP contribution in [0.4, 0.5) is 0 Å². The molecule has 1 aliphatic rings. The monoisotopic (exact) mass is 140 g/mol. The molecule has 0 aliphatic carbocycles. The highest BCUT2D eigenvalue weighted by Crippen LogP contribution is 2.22. The van der Waals surface area contributed by atoms with E-state index in [1.165, 1.54) is 4.88 Å². The van der Waals surface area contributed by atoms with Gasteiger partial charge in [-0.1, -0.05) is 0 Å². The van der Waals surface area contributed by atoms with E-state index in [1.54, 1.807) is 11.3 Å². The third-order valence-electron chi connectivity index (χ3n) is 1.64. The fraction of sp³-hybridized carbons (Fsp3) is 0.500. The first-order valence-corrected chi connectivity index (χ1v) is 3.94. The van der Waals surface area contributed by atoms with E-state index in [0.717, 1.165) is 19.0 Å². The molecule has 0 atom stereocenters. The number of hydrogen-bond donors (Lipinski definition) is 1. The van der Waals surface area contributed by atoms with Gasteiger partial charge in [-0.2, -0.15) is 0 Å². The predicted octanol–water partition coefficient (Wildman–Crippen LogP) is 0.830. The Morgan fingerprint density at radius 2 is 2.56 bits per heavy atom. The minimum Gasteiger partial charge on any atom is -0.315 e. The van der Waals surface area contributed by atoms with Crippen LogP contribution in [-0.2, 0) is 0 Å². The molecule has 1 fully saturated rings. The van der Waals surface area contributed by atoms with Crippen molar-refractivity contribution in [2.75, 3.05) is 13.1 Å². The van der Waals surface area contributed by atoms with Gasteiger partial charge in [0, 0.05) is 30.1 Å². The molecular weight excluding hydrogens is 132 g/mol. The molecule has 0 saturated carbocycles. The Labute approximate surface area is 57.9 Å². The summed E-state index contributed by atoms with van der Waals surface area (Å²) in [5, 5.41) is 3.23. The Kier molecular flexibility index (Phi) is 1.24. The van der Waals surface area contributed by atoms with Gasteiger partial charge in [-0.05, 0) is 0 Å². The summed E-state index contributed by atoms with van der Waals surface area (Å²) in [7, 11) is 0. The standard InChI is InChI=1S/C6H8N2S/c1-5(2-7-1)6-3-8-4-9-6/h3-5,7H,1-2H2. The quantitative estimate of drug-likeness (QED) is 0.625. The van der Waals surface area contributed by atoms with Gasteiger partial charge in [-0.15, -0.1) is 11.3 Å². The zero-order valence-corrected chi connectivity index (χ0v) is 5.82. The maximum absolute atomic E-state index is 4.02. The summed E-state index contributed by atoms with van der Waals surface area (Å²) in [6.45, 7) is 2.28. The van der Waals surface area contributed by atoms with Gasteiger partial charge >= 0.3 is 0 Å². The molecular formula is C6H8N2S. The summed E-state index contributed by atoms with van der Waals surface area (Å²) >= 11 is 1.76. The van der Waals surface area contributed by atoms with Crippen molar-refractivity contribution in [3.05, 3.63) is 16.6 Å². The van der Waals surface area contributed by atoms with Crippen molar-refractivity contribution in [2.45, 2.75) is 5.92 Å². The fourth-order valence-electron chi connectivity index (χ4n) is 0.917. The molecule has 2 heterocycles. The highest BCUT2D eigenvalue weighted by molar-refractivity contribution is 7.09. The Balaban J connectivity index is 2.14. The van der Waals surface area contributed by atoms with E-state index in [2.05, 4.69) is 10.3 Å². The topological polar surface area (TPSA) is 24.9 Å². The van der Waals surface area contributed by atoms with Gasteiger partial charge in [0.1, 0.15) is 0 Å². The molecule has 2 nitrogen and oxygen atoms in total. The lowest BCUT2D eigenvalue weighted by molar-refractivity contribution is 0.454. The molecule has 0 radical (unpaired) electrons. The van der Waals surface area contributed by atoms with Crippen molar-refractivity contribution in [3.8, 4) is 0 Å². The molecule has 0 amide bonds. The fourth-order valence-corrected chi connectivity index (χ4v) is 1.64. The van der Waals surface area contributed by atoms with Crippen molar-refractivity contribution in [3.63, 3.8) is 0 Å². The first-order chi connectivity index (χ1) is 4.47. The van der Waals surface area contributed by atoms with E-state index in [1.807, 2.05) is 11.7 Å². The minimum atomic E-state index is 0.762. The van der Waals surface area contributed by atoms with Gasteiger partial charge in [0.2, 0.25) is 0 Å². The number of hydrogen-bond acceptors (Lipinski definition) is 3. The van der Waals surface area contributed by atoms with Crippen LogP contribution in [0.2, 0.25) is 0 Å².